The highest BCUT2D eigenvalue weighted by molar-refractivity contribution is 7.94. The van der Waals surface area contributed by atoms with Gasteiger partial charge in [0, 0.05) is 12.1 Å². The average molecular weight is 470 g/mol. The highest BCUT2D eigenvalue weighted by Gasteiger charge is 2.44. The van der Waals surface area contributed by atoms with Gasteiger partial charge in [0.2, 0.25) is 0 Å². The van der Waals surface area contributed by atoms with Crippen LogP contribution in [0.25, 0.3) is 0 Å². The quantitative estimate of drug-likeness (QED) is 0.598. The number of anilines is 1. The molecular formula is C16H14F4N2O6S2. The molecular weight excluding hydrogens is 456 g/mol. The molecule has 3 N–H and O–H groups in total. The summed E-state index contributed by atoms with van der Waals surface area (Å²) in [6.45, 7) is -1.87. The van der Waals surface area contributed by atoms with Crippen molar-refractivity contribution in [1.29, 1.82) is 0 Å². The minimum absolute atomic E-state index is 0.0708. The van der Waals surface area contributed by atoms with Crippen LogP contribution in [0.1, 0.15) is 24.2 Å². The van der Waals surface area contributed by atoms with Crippen molar-refractivity contribution >= 4 is 38.2 Å². The van der Waals surface area contributed by atoms with Gasteiger partial charge < -0.3 is 15.6 Å². The van der Waals surface area contributed by atoms with E-state index in [4.69, 9.17) is 5.73 Å². The number of carbonyl (C=O) groups excluding carboxylic acids is 2. The Morgan fingerprint density at radius 3 is 2.37 bits per heavy atom. The summed E-state index contributed by atoms with van der Waals surface area (Å²) in [5, 5.41) is 10.6. The van der Waals surface area contributed by atoms with Crippen LogP contribution in [0.15, 0.2) is 28.5 Å². The molecule has 2 amide bonds. The molecule has 2 aromatic rings. The highest BCUT2D eigenvalue weighted by atomic mass is 32.2. The van der Waals surface area contributed by atoms with Crippen molar-refractivity contribution < 1.29 is 45.4 Å². The van der Waals surface area contributed by atoms with Crippen LogP contribution in [0.5, 0.6) is 5.75 Å². The molecule has 0 bridgehead atoms. The minimum atomic E-state index is -5.46. The predicted molar refractivity (Wildman–Crippen MR) is 96.8 cm³/mol. The van der Waals surface area contributed by atoms with Crippen LogP contribution in [-0.4, -0.2) is 37.6 Å². The summed E-state index contributed by atoms with van der Waals surface area (Å²) in [6, 6.07) is 1.31. The number of carbonyl (C=O) groups is 2. The van der Waals surface area contributed by atoms with Gasteiger partial charge in [0.25, 0.3) is 21.8 Å². The SMILES string of the molecule is CC(C)(O)C(=O)N(c1sccc1C(N)=O)S(=O)(=O)c1c(F)cc(F)cc1OC(F)F. The fourth-order valence-corrected chi connectivity index (χ4v) is 5.11. The Morgan fingerprint density at radius 1 is 1.27 bits per heavy atom. The molecule has 164 valence electrons. The minimum Gasteiger partial charge on any atom is -0.433 e. The largest absolute Gasteiger partial charge is 0.433 e. The van der Waals surface area contributed by atoms with Crippen molar-refractivity contribution in [3.05, 3.63) is 40.8 Å². The van der Waals surface area contributed by atoms with Crippen LogP contribution in [-0.2, 0) is 14.8 Å². The summed E-state index contributed by atoms with van der Waals surface area (Å²) >= 11 is 0.509. The molecule has 0 aliphatic rings. The van der Waals surface area contributed by atoms with E-state index in [0.717, 1.165) is 19.9 Å². The van der Waals surface area contributed by atoms with E-state index in [1.165, 1.54) is 5.38 Å². The third-order valence-electron chi connectivity index (χ3n) is 3.49. The highest BCUT2D eigenvalue weighted by Crippen LogP contribution is 2.38. The van der Waals surface area contributed by atoms with Crippen molar-refractivity contribution in [1.82, 2.24) is 0 Å². The molecule has 0 fully saturated rings. The fourth-order valence-electron chi connectivity index (χ4n) is 2.27. The molecule has 2 rings (SSSR count). The normalized spacial score (nSPS) is 12.1. The lowest BCUT2D eigenvalue weighted by atomic mass is 10.1. The average Bonchev–Trinajstić information content (AvgIpc) is 3.01. The maximum atomic E-state index is 14.4. The lowest BCUT2D eigenvalue weighted by Crippen LogP contribution is -2.48. The topological polar surface area (TPSA) is 127 Å². The Kier molecular flexibility index (Phi) is 6.44. The van der Waals surface area contributed by atoms with Crippen molar-refractivity contribution in [2.24, 2.45) is 5.73 Å². The monoisotopic (exact) mass is 470 g/mol. The number of hydrogen-bond donors (Lipinski definition) is 2. The lowest BCUT2D eigenvalue weighted by Gasteiger charge is -2.28. The molecule has 0 aliphatic carbocycles. The molecule has 0 saturated carbocycles. The zero-order chi connectivity index (χ0) is 23.0. The lowest BCUT2D eigenvalue weighted by molar-refractivity contribution is -0.132. The summed E-state index contributed by atoms with van der Waals surface area (Å²) < 4.78 is 83.5. The number of sulfonamides is 1. The van der Waals surface area contributed by atoms with Gasteiger partial charge in [-0.25, -0.2) is 17.2 Å². The number of halogens is 4. The third-order valence-corrected chi connectivity index (χ3v) is 6.25. The van der Waals surface area contributed by atoms with E-state index in [1.807, 2.05) is 0 Å². The molecule has 0 unspecified atom stereocenters. The van der Waals surface area contributed by atoms with Gasteiger partial charge in [0.1, 0.15) is 16.4 Å². The number of thiophene rings is 1. The molecule has 0 radical (unpaired) electrons. The smallest absolute Gasteiger partial charge is 0.387 e. The first-order valence-corrected chi connectivity index (χ1v) is 10.1. The van der Waals surface area contributed by atoms with Gasteiger partial charge in [-0.2, -0.15) is 13.1 Å². The van der Waals surface area contributed by atoms with Crippen LogP contribution in [0, 0.1) is 11.6 Å². The van der Waals surface area contributed by atoms with Gasteiger partial charge in [0.05, 0.1) is 5.56 Å². The van der Waals surface area contributed by atoms with Gasteiger partial charge in [-0.05, 0) is 25.3 Å². The van der Waals surface area contributed by atoms with Gasteiger partial charge in [-0.15, -0.1) is 11.3 Å². The van der Waals surface area contributed by atoms with Gasteiger partial charge >= 0.3 is 6.61 Å². The number of alkyl halides is 2. The molecule has 8 nitrogen and oxygen atoms in total. The van der Waals surface area contributed by atoms with E-state index in [9.17, 15) is 40.7 Å². The van der Waals surface area contributed by atoms with E-state index in [1.54, 1.807) is 0 Å². The number of hydrogen-bond acceptors (Lipinski definition) is 7. The number of amides is 2. The number of benzene rings is 1. The van der Waals surface area contributed by atoms with Crippen molar-refractivity contribution in [3.8, 4) is 5.75 Å². The molecule has 14 heteroatoms. The van der Waals surface area contributed by atoms with Crippen molar-refractivity contribution in [2.45, 2.75) is 31.0 Å². The van der Waals surface area contributed by atoms with E-state index < -0.39 is 66.9 Å². The third kappa shape index (κ3) is 4.55. The maximum absolute atomic E-state index is 14.4. The summed E-state index contributed by atoms with van der Waals surface area (Å²) in [5.41, 5.74) is 2.29. The zero-order valence-corrected chi connectivity index (χ0v) is 16.9. The first-order chi connectivity index (χ1) is 13.7. The van der Waals surface area contributed by atoms with E-state index in [0.29, 0.717) is 11.3 Å². The number of ether oxygens (including phenoxy) is 1. The molecule has 0 aliphatic heterocycles. The molecule has 0 atom stereocenters. The Bertz CT molecular complexity index is 1100. The molecule has 1 aromatic heterocycles. The van der Waals surface area contributed by atoms with Crippen LogP contribution >= 0.6 is 11.3 Å². The van der Waals surface area contributed by atoms with Crippen LogP contribution in [0.3, 0.4) is 0 Å². The number of nitrogens with zero attached hydrogens (tertiary/aromatic N) is 1. The molecule has 30 heavy (non-hydrogen) atoms. The Labute approximate surface area is 171 Å². The van der Waals surface area contributed by atoms with Gasteiger partial charge in [-0.3, -0.25) is 9.59 Å². The summed E-state index contributed by atoms with van der Waals surface area (Å²) in [4.78, 5) is 22.8. The van der Waals surface area contributed by atoms with Gasteiger partial charge in [0.15, 0.2) is 16.5 Å². The van der Waals surface area contributed by atoms with Crippen LogP contribution in [0.4, 0.5) is 22.6 Å². The Balaban J connectivity index is 2.87. The second kappa shape index (κ2) is 8.20. The van der Waals surface area contributed by atoms with E-state index in [-0.39, 0.29) is 16.4 Å². The van der Waals surface area contributed by atoms with Crippen LogP contribution < -0.4 is 14.8 Å². The summed E-state index contributed by atoms with van der Waals surface area (Å²) in [7, 11) is -5.46. The molecule has 0 spiro atoms. The Morgan fingerprint density at radius 2 is 1.87 bits per heavy atom. The van der Waals surface area contributed by atoms with Crippen molar-refractivity contribution in [2.75, 3.05) is 4.31 Å². The standard InChI is InChI=1S/C16H14F4N2O6S2/c1-16(2,25)14(24)22(13-8(12(21)23)3-4-29-13)30(26,27)11-9(18)5-7(17)6-10(11)28-15(19)20/h3-6,15,25H,1-2H3,(H2,21,23). The number of nitrogens with two attached hydrogens (primary N) is 1. The van der Waals surface area contributed by atoms with Crippen LogP contribution in [0.2, 0.25) is 0 Å². The zero-order valence-electron chi connectivity index (χ0n) is 15.2. The predicted octanol–water partition coefficient (Wildman–Crippen LogP) is 2.22. The Hall–Kier alpha value is -2.71. The second-order valence-electron chi connectivity index (χ2n) is 6.23. The summed E-state index contributed by atoms with van der Waals surface area (Å²) in [5.74, 6) is -7.45. The molecule has 1 heterocycles. The van der Waals surface area contributed by atoms with Crippen molar-refractivity contribution in [3.63, 3.8) is 0 Å². The molecule has 0 saturated heterocycles. The summed E-state index contributed by atoms with van der Waals surface area (Å²) in [6.07, 6.45) is 0. The number of aliphatic hydroxyl groups is 1. The first kappa shape index (κ1) is 23.6. The number of rotatable bonds is 7. The first-order valence-electron chi connectivity index (χ1n) is 7.81. The molecule has 1 aromatic carbocycles. The van der Waals surface area contributed by atoms with E-state index >= 15 is 0 Å². The maximum Gasteiger partial charge on any atom is 0.387 e. The fraction of sp³-hybridized carbons (Fsp3) is 0.250. The van der Waals surface area contributed by atoms with E-state index in [2.05, 4.69) is 4.74 Å². The second-order valence-corrected chi connectivity index (χ2v) is 8.85. The number of primary amides is 1. The van der Waals surface area contributed by atoms with Gasteiger partial charge in [-0.1, -0.05) is 0 Å².